The van der Waals surface area contributed by atoms with E-state index < -0.39 is 0 Å². The minimum Gasteiger partial charge on any atom is -0.338 e. The normalized spacial score (nSPS) is 25.2. The van der Waals surface area contributed by atoms with Crippen LogP contribution in [0, 0.1) is 5.92 Å². The lowest BCUT2D eigenvalue weighted by Crippen LogP contribution is -2.47. The molecule has 0 bridgehead atoms. The van der Waals surface area contributed by atoms with Crippen molar-refractivity contribution in [1.82, 2.24) is 20.2 Å². The van der Waals surface area contributed by atoms with Gasteiger partial charge in [0.1, 0.15) is 0 Å². The maximum atomic E-state index is 4.36. The molecule has 2 heterocycles. The number of nitrogens with one attached hydrogen (secondary N) is 1. The predicted octanol–water partition coefficient (Wildman–Crippen LogP) is 2.94. The largest absolute Gasteiger partial charge is 0.338 e. The topological polar surface area (TPSA) is 44.3 Å². The van der Waals surface area contributed by atoms with E-state index in [1.807, 2.05) is 18.5 Å². The van der Waals surface area contributed by atoms with Crippen LogP contribution in [-0.4, -0.2) is 60.2 Å². The zero-order chi connectivity index (χ0) is 17.3. The van der Waals surface area contributed by atoms with Crippen LogP contribution in [0.3, 0.4) is 0 Å². The molecule has 0 aromatic carbocycles. The van der Waals surface area contributed by atoms with Crippen molar-refractivity contribution in [2.75, 3.05) is 44.2 Å². The third kappa shape index (κ3) is 5.93. The summed E-state index contributed by atoms with van der Waals surface area (Å²) in [6.07, 6.45) is 13.4. The molecule has 0 atom stereocenters. The highest BCUT2D eigenvalue weighted by Crippen LogP contribution is 2.27. The van der Waals surface area contributed by atoms with Crippen LogP contribution in [0.15, 0.2) is 18.5 Å². The second-order valence-electron chi connectivity index (χ2n) is 7.69. The summed E-state index contributed by atoms with van der Waals surface area (Å²) in [4.78, 5) is 13.6. The number of hydrogen-bond donors (Lipinski definition) is 1. The van der Waals surface area contributed by atoms with Gasteiger partial charge in [-0.1, -0.05) is 19.8 Å². The van der Waals surface area contributed by atoms with E-state index in [0.29, 0.717) is 0 Å². The van der Waals surface area contributed by atoms with Crippen LogP contribution >= 0.6 is 0 Å². The lowest BCUT2D eigenvalue weighted by Gasteiger charge is -2.35. The van der Waals surface area contributed by atoms with Crippen molar-refractivity contribution in [3.63, 3.8) is 0 Å². The Hall–Kier alpha value is -1.20. The Balaban J connectivity index is 1.25. The second kappa shape index (κ2) is 10.1. The Morgan fingerprint density at radius 2 is 1.76 bits per heavy atom. The summed E-state index contributed by atoms with van der Waals surface area (Å²) < 4.78 is 0. The van der Waals surface area contributed by atoms with Gasteiger partial charge < -0.3 is 10.2 Å². The quantitative estimate of drug-likeness (QED) is 0.734. The van der Waals surface area contributed by atoms with Gasteiger partial charge >= 0.3 is 0 Å². The van der Waals surface area contributed by atoms with Gasteiger partial charge in [0.05, 0.1) is 0 Å². The molecule has 1 aromatic rings. The number of piperazine rings is 1. The number of rotatable bonds is 8. The average Bonchev–Trinajstić information content (AvgIpc) is 2.68. The molecule has 0 spiro atoms. The van der Waals surface area contributed by atoms with E-state index in [-0.39, 0.29) is 0 Å². The van der Waals surface area contributed by atoms with Gasteiger partial charge in [0.2, 0.25) is 5.95 Å². The first kappa shape index (κ1) is 18.6. The SMILES string of the molecule is CCCC1CCC(NCCCN2CCN(c3ncccn3)CC2)CC1. The van der Waals surface area contributed by atoms with Crippen LogP contribution in [0.4, 0.5) is 5.95 Å². The van der Waals surface area contributed by atoms with Crippen molar-refractivity contribution in [3.8, 4) is 0 Å². The molecular weight excluding hydrogens is 310 g/mol. The van der Waals surface area contributed by atoms with Gasteiger partial charge in [-0.2, -0.15) is 0 Å². The van der Waals surface area contributed by atoms with Crippen molar-refractivity contribution >= 4 is 5.95 Å². The number of hydrogen-bond acceptors (Lipinski definition) is 5. The Morgan fingerprint density at radius 1 is 1.04 bits per heavy atom. The third-order valence-electron chi connectivity index (χ3n) is 5.84. The zero-order valence-corrected chi connectivity index (χ0v) is 15.9. The fraction of sp³-hybridized carbons (Fsp3) is 0.800. The molecule has 5 nitrogen and oxygen atoms in total. The summed E-state index contributed by atoms with van der Waals surface area (Å²) in [5.74, 6) is 1.88. The molecule has 1 aromatic heterocycles. The fourth-order valence-corrected chi connectivity index (χ4v) is 4.30. The van der Waals surface area contributed by atoms with Crippen LogP contribution in [0.25, 0.3) is 0 Å². The Bertz CT molecular complexity index is 464. The van der Waals surface area contributed by atoms with E-state index in [4.69, 9.17) is 0 Å². The molecule has 0 radical (unpaired) electrons. The molecule has 5 heteroatoms. The molecule has 1 aliphatic heterocycles. The highest BCUT2D eigenvalue weighted by Gasteiger charge is 2.21. The lowest BCUT2D eigenvalue weighted by atomic mass is 9.83. The smallest absolute Gasteiger partial charge is 0.225 e. The van der Waals surface area contributed by atoms with Gasteiger partial charge in [-0.25, -0.2) is 9.97 Å². The van der Waals surface area contributed by atoms with Crippen LogP contribution in [0.1, 0.15) is 51.9 Å². The fourth-order valence-electron chi connectivity index (χ4n) is 4.30. The maximum absolute atomic E-state index is 4.36. The number of nitrogens with zero attached hydrogens (tertiary/aromatic N) is 4. The van der Waals surface area contributed by atoms with E-state index in [1.54, 1.807) is 0 Å². The van der Waals surface area contributed by atoms with E-state index in [9.17, 15) is 0 Å². The van der Waals surface area contributed by atoms with Gasteiger partial charge in [0.15, 0.2) is 0 Å². The lowest BCUT2D eigenvalue weighted by molar-refractivity contribution is 0.243. The third-order valence-corrected chi connectivity index (χ3v) is 5.84. The summed E-state index contributed by atoms with van der Waals surface area (Å²) in [5.41, 5.74) is 0. The van der Waals surface area contributed by atoms with Gasteiger partial charge in [0, 0.05) is 44.6 Å². The summed E-state index contributed by atoms with van der Waals surface area (Å²) in [5, 5.41) is 3.80. The highest BCUT2D eigenvalue weighted by molar-refractivity contribution is 5.29. The van der Waals surface area contributed by atoms with Crippen molar-refractivity contribution in [3.05, 3.63) is 18.5 Å². The summed E-state index contributed by atoms with van der Waals surface area (Å²) in [6, 6.07) is 2.66. The zero-order valence-electron chi connectivity index (χ0n) is 15.9. The predicted molar refractivity (Wildman–Crippen MR) is 104 cm³/mol. The van der Waals surface area contributed by atoms with Gasteiger partial charge in [0.25, 0.3) is 0 Å². The van der Waals surface area contributed by atoms with Crippen LogP contribution in [0.2, 0.25) is 0 Å². The molecule has 2 fully saturated rings. The molecule has 1 saturated heterocycles. The Labute approximate surface area is 153 Å². The molecule has 1 N–H and O–H groups in total. The molecule has 1 saturated carbocycles. The van der Waals surface area contributed by atoms with Crippen molar-refractivity contribution in [2.45, 2.75) is 57.9 Å². The summed E-state index contributed by atoms with van der Waals surface area (Å²) in [6.45, 7) is 9.03. The standard InChI is InChI=1S/C20H35N5/c1-2-5-18-6-8-19(9-7-18)21-12-4-13-24-14-16-25(17-15-24)20-22-10-3-11-23-20/h3,10-11,18-19,21H,2,4-9,12-17H2,1H3. The first-order chi connectivity index (χ1) is 12.3. The molecule has 1 aliphatic carbocycles. The van der Waals surface area contributed by atoms with Crippen molar-refractivity contribution in [1.29, 1.82) is 0 Å². The van der Waals surface area contributed by atoms with E-state index in [2.05, 4.69) is 32.0 Å². The monoisotopic (exact) mass is 345 g/mol. The molecule has 0 unspecified atom stereocenters. The van der Waals surface area contributed by atoms with Crippen molar-refractivity contribution in [2.24, 2.45) is 5.92 Å². The first-order valence-electron chi connectivity index (χ1n) is 10.3. The number of anilines is 1. The maximum Gasteiger partial charge on any atom is 0.225 e. The van der Waals surface area contributed by atoms with E-state index in [0.717, 1.165) is 44.1 Å². The van der Waals surface area contributed by atoms with Gasteiger partial charge in [-0.05, 0) is 57.2 Å². The first-order valence-corrected chi connectivity index (χ1v) is 10.3. The van der Waals surface area contributed by atoms with Gasteiger partial charge in [-0.3, -0.25) is 4.90 Å². The van der Waals surface area contributed by atoms with Gasteiger partial charge in [-0.15, -0.1) is 0 Å². The Kier molecular flexibility index (Phi) is 7.49. The molecule has 140 valence electrons. The number of aromatic nitrogens is 2. The summed E-state index contributed by atoms with van der Waals surface area (Å²) in [7, 11) is 0. The molecule has 3 rings (SSSR count). The van der Waals surface area contributed by atoms with E-state index >= 15 is 0 Å². The van der Waals surface area contributed by atoms with Crippen molar-refractivity contribution < 1.29 is 0 Å². The second-order valence-corrected chi connectivity index (χ2v) is 7.69. The molecule has 2 aliphatic rings. The minimum absolute atomic E-state index is 0.778. The molecule has 25 heavy (non-hydrogen) atoms. The van der Waals surface area contributed by atoms with E-state index in [1.165, 1.54) is 58.0 Å². The highest BCUT2D eigenvalue weighted by atomic mass is 15.3. The minimum atomic E-state index is 0.778. The molecular formula is C20H35N5. The van der Waals surface area contributed by atoms with Crippen LogP contribution < -0.4 is 10.2 Å². The average molecular weight is 346 g/mol. The van der Waals surface area contributed by atoms with Crippen LogP contribution in [0.5, 0.6) is 0 Å². The molecule has 0 amide bonds. The Morgan fingerprint density at radius 3 is 2.44 bits per heavy atom. The van der Waals surface area contributed by atoms with Crippen LogP contribution in [-0.2, 0) is 0 Å². The summed E-state index contributed by atoms with van der Waals surface area (Å²) >= 11 is 0.